The molecule has 3 aliphatic carbocycles. The number of amides is 1. The molecule has 0 radical (unpaired) electrons. The summed E-state index contributed by atoms with van der Waals surface area (Å²) in [7, 11) is 0. The van der Waals surface area contributed by atoms with Gasteiger partial charge in [0.2, 0.25) is 5.91 Å². The molecule has 3 saturated carbocycles. The zero-order chi connectivity index (χ0) is 13.5. The standard InChI is InChI=1S/C15H23NO3/c17-13(16-9-15(6-7-15)14(18)19)12-8-11(12)10-4-2-1-3-5-10/h10-12H,1-9H2,(H,16,17)(H,18,19). The summed E-state index contributed by atoms with van der Waals surface area (Å²) in [5.41, 5.74) is -0.634. The third kappa shape index (κ3) is 2.63. The minimum absolute atomic E-state index is 0.100. The molecular formula is C15H23NO3. The van der Waals surface area contributed by atoms with Gasteiger partial charge in [-0.1, -0.05) is 32.1 Å². The van der Waals surface area contributed by atoms with E-state index in [1.807, 2.05) is 0 Å². The normalized spacial score (nSPS) is 32.6. The Balaban J connectivity index is 1.44. The fourth-order valence-electron chi connectivity index (χ4n) is 3.60. The molecule has 0 spiro atoms. The predicted octanol–water partition coefficient (Wildman–Crippen LogP) is 2.18. The molecular weight excluding hydrogens is 242 g/mol. The molecule has 0 bridgehead atoms. The van der Waals surface area contributed by atoms with Gasteiger partial charge in [0.1, 0.15) is 0 Å². The second kappa shape index (κ2) is 4.80. The van der Waals surface area contributed by atoms with Gasteiger partial charge in [-0.25, -0.2) is 0 Å². The molecule has 4 nitrogen and oxygen atoms in total. The lowest BCUT2D eigenvalue weighted by atomic mass is 9.85. The Kier molecular flexibility index (Phi) is 3.27. The van der Waals surface area contributed by atoms with Crippen molar-refractivity contribution in [2.24, 2.45) is 23.2 Å². The van der Waals surface area contributed by atoms with E-state index in [2.05, 4.69) is 5.32 Å². The third-order valence-electron chi connectivity index (χ3n) is 5.34. The lowest BCUT2D eigenvalue weighted by Gasteiger charge is -2.21. The lowest BCUT2D eigenvalue weighted by Crippen LogP contribution is -2.35. The minimum Gasteiger partial charge on any atom is -0.481 e. The number of carboxylic acid groups (broad SMARTS) is 1. The summed E-state index contributed by atoms with van der Waals surface area (Å²) in [6.45, 7) is 0.328. The van der Waals surface area contributed by atoms with Gasteiger partial charge in [-0.3, -0.25) is 9.59 Å². The topological polar surface area (TPSA) is 66.4 Å². The van der Waals surface area contributed by atoms with E-state index in [0.29, 0.717) is 25.3 Å². The molecule has 0 aromatic heterocycles. The second-order valence-electron chi connectivity index (χ2n) is 6.71. The largest absolute Gasteiger partial charge is 0.481 e. The fourth-order valence-corrected chi connectivity index (χ4v) is 3.60. The number of nitrogens with one attached hydrogen (secondary N) is 1. The highest BCUT2D eigenvalue weighted by Crippen LogP contribution is 2.50. The van der Waals surface area contributed by atoms with Gasteiger partial charge in [0.25, 0.3) is 0 Å². The quantitative estimate of drug-likeness (QED) is 0.800. The van der Waals surface area contributed by atoms with Crippen LogP contribution in [0.4, 0.5) is 0 Å². The molecule has 2 N–H and O–H groups in total. The van der Waals surface area contributed by atoms with Gasteiger partial charge in [-0.05, 0) is 31.1 Å². The second-order valence-corrected chi connectivity index (χ2v) is 6.71. The van der Waals surface area contributed by atoms with Gasteiger partial charge in [0.15, 0.2) is 0 Å². The average molecular weight is 265 g/mol. The van der Waals surface area contributed by atoms with Gasteiger partial charge in [0.05, 0.1) is 5.41 Å². The van der Waals surface area contributed by atoms with Gasteiger partial charge in [0, 0.05) is 12.5 Å². The Bertz CT molecular complexity index is 383. The molecule has 2 unspecified atom stereocenters. The van der Waals surface area contributed by atoms with E-state index < -0.39 is 11.4 Å². The highest BCUT2D eigenvalue weighted by Gasteiger charge is 2.52. The summed E-state index contributed by atoms with van der Waals surface area (Å²) >= 11 is 0. The van der Waals surface area contributed by atoms with E-state index in [-0.39, 0.29) is 11.8 Å². The van der Waals surface area contributed by atoms with E-state index in [0.717, 1.165) is 12.3 Å². The first-order valence-electron chi connectivity index (χ1n) is 7.63. The Morgan fingerprint density at radius 1 is 1.16 bits per heavy atom. The van der Waals surface area contributed by atoms with E-state index in [1.54, 1.807) is 0 Å². The molecule has 19 heavy (non-hydrogen) atoms. The molecule has 4 heteroatoms. The van der Waals surface area contributed by atoms with Crippen molar-refractivity contribution in [1.29, 1.82) is 0 Å². The maximum Gasteiger partial charge on any atom is 0.311 e. The van der Waals surface area contributed by atoms with Crippen molar-refractivity contribution < 1.29 is 14.7 Å². The van der Waals surface area contributed by atoms with Crippen molar-refractivity contribution in [3.63, 3.8) is 0 Å². The monoisotopic (exact) mass is 265 g/mol. The zero-order valence-corrected chi connectivity index (χ0v) is 11.4. The summed E-state index contributed by atoms with van der Waals surface area (Å²) in [4.78, 5) is 23.1. The number of carbonyl (C=O) groups excluding carboxylic acids is 1. The first kappa shape index (κ1) is 12.9. The van der Waals surface area contributed by atoms with Gasteiger partial charge in [-0.15, -0.1) is 0 Å². The molecule has 0 aliphatic heterocycles. The molecule has 1 amide bonds. The van der Waals surface area contributed by atoms with Crippen LogP contribution in [0.3, 0.4) is 0 Å². The molecule has 0 aromatic rings. The number of hydrogen-bond donors (Lipinski definition) is 2. The minimum atomic E-state index is -0.757. The van der Waals surface area contributed by atoms with Crippen molar-refractivity contribution >= 4 is 11.9 Å². The number of carbonyl (C=O) groups is 2. The molecule has 106 valence electrons. The Morgan fingerprint density at radius 3 is 2.42 bits per heavy atom. The summed E-state index contributed by atoms with van der Waals surface area (Å²) in [6.07, 6.45) is 8.99. The van der Waals surface area contributed by atoms with Crippen LogP contribution < -0.4 is 5.32 Å². The lowest BCUT2D eigenvalue weighted by molar-refractivity contribution is -0.143. The number of hydrogen-bond acceptors (Lipinski definition) is 2. The molecule has 0 heterocycles. The molecule has 3 aliphatic rings. The molecule has 3 rings (SSSR count). The summed E-state index contributed by atoms with van der Waals surface area (Å²) in [5.74, 6) is 0.849. The van der Waals surface area contributed by atoms with Crippen LogP contribution >= 0.6 is 0 Å². The van der Waals surface area contributed by atoms with Gasteiger partial charge >= 0.3 is 5.97 Å². The maximum atomic E-state index is 12.1. The van der Waals surface area contributed by atoms with Crippen molar-refractivity contribution in [2.45, 2.75) is 51.4 Å². The van der Waals surface area contributed by atoms with Crippen molar-refractivity contribution in [1.82, 2.24) is 5.32 Å². The average Bonchev–Trinajstić information content (AvgIpc) is 3.30. The Labute approximate surface area is 113 Å². The fraction of sp³-hybridized carbons (Fsp3) is 0.867. The van der Waals surface area contributed by atoms with Gasteiger partial charge < -0.3 is 10.4 Å². The van der Waals surface area contributed by atoms with Crippen molar-refractivity contribution in [3.8, 4) is 0 Å². The van der Waals surface area contributed by atoms with Crippen LogP contribution in [0.15, 0.2) is 0 Å². The number of rotatable bonds is 5. The smallest absolute Gasteiger partial charge is 0.311 e. The summed E-state index contributed by atoms with van der Waals surface area (Å²) in [5, 5.41) is 12.0. The first-order valence-corrected chi connectivity index (χ1v) is 7.63. The Hall–Kier alpha value is -1.06. The molecule has 2 atom stereocenters. The molecule has 3 fully saturated rings. The van der Waals surface area contributed by atoms with Crippen LogP contribution in [-0.4, -0.2) is 23.5 Å². The Morgan fingerprint density at radius 2 is 1.84 bits per heavy atom. The third-order valence-corrected chi connectivity index (χ3v) is 5.34. The summed E-state index contributed by atoms with van der Waals surface area (Å²) < 4.78 is 0. The number of carboxylic acids is 1. The van der Waals surface area contributed by atoms with Crippen LogP contribution in [0.25, 0.3) is 0 Å². The van der Waals surface area contributed by atoms with Crippen LogP contribution in [0.5, 0.6) is 0 Å². The highest BCUT2D eigenvalue weighted by molar-refractivity contribution is 5.83. The maximum absolute atomic E-state index is 12.1. The van der Waals surface area contributed by atoms with E-state index in [4.69, 9.17) is 5.11 Å². The van der Waals surface area contributed by atoms with Crippen molar-refractivity contribution in [2.75, 3.05) is 6.54 Å². The van der Waals surface area contributed by atoms with E-state index >= 15 is 0 Å². The van der Waals surface area contributed by atoms with E-state index in [9.17, 15) is 9.59 Å². The summed E-state index contributed by atoms with van der Waals surface area (Å²) in [6, 6.07) is 0. The predicted molar refractivity (Wildman–Crippen MR) is 70.5 cm³/mol. The zero-order valence-electron chi connectivity index (χ0n) is 11.4. The van der Waals surface area contributed by atoms with Crippen LogP contribution in [0.2, 0.25) is 0 Å². The van der Waals surface area contributed by atoms with Crippen molar-refractivity contribution in [3.05, 3.63) is 0 Å². The van der Waals surface area contributed by atoms with Crippen LogP contribution in [-0.2, 0) is 9.59 Å². The van der Waals surface area contributed by atoms with E-state index in [1.165, 1.54) is 32.1 Å². The first-order chi connectivity index (χ1) is 9.12. The highest BCUT2D eigenvalue weighted by atomic mass is 16.4. The van der Waals surface area contributed by atoms with Gasteiger partial charge in [-0.2, -0.15) is 0 Å². The van der Waals surface area contributed by atoms with Crippen LogP contribution in [0.1, 0.15) is 51.4 Å². The van der Waals surface area contributed by atoms with Crippen LogP contribution in [0, 0.1) is 23.2 Å². The molecule has 0 aromatic carbocycles. The molecule has 0 saturated heterocycles. The SMILES string of the molecule is O=C(NCC1(C(=O)O)CC1)C1CC1C1CCCCC1. The number of aliphatic carboxylic acids is 1.